The first-order valence-corrected chi connectivity index (χ1v) is 18.3. The third-order valence-electron chi connectivity index (χ3n) is 11.1. The van der Waals surface area contributed by atoms with Gasteiger partial charge >= 0.3 is 0 Å². The molecule has 0 amide bonds. The molecule has 4 heteroatoms. The van der Waals surface area contributed by atoms with E-state index in [1.807, 2.05) is 30.3 Å². The molecule has 0 atom stereocenters. The van der Waals surface area contributed by atoms with E-state index in [1.165, 1.54) is 43.1 Å². The lowest BCUT2D eigenvalue weighted by molar-refractivity contribution is 0.486. The van der Waals surface area contributed by atoms with Gasteiger partial charge in [-0.2, -0.15) is 0 Å². The van der Waals surface area contributed by atoms with Crippen LogP contribution in [0.4, 0.5) is 0 Å². The van der Waals surface area contributed by atoms with E-state index in [0.29, 0.717) is 5.82 Å². The molecule has 0 spiro atoms. The first kappa shape index (κ1) is 29.3. The summed E-state index contributed by atoms with van der Waals surface area (Å²) in [6.45, 7) is 0. The van der Waals surface area contributed by atoms with Crippen LogP contribution in [-0.4, -0.2) is 14.5 Å². The molecule has 4 nitrogen and oxygen atoms in total. The van der Waals surface area contributed by atoms with Gasteiger partial charge in [-0.1, -0.05) is 121 Å². The summed E-state index contributed by atoms with van der Waals surface area (Å²) in [4.78, 5) is 10.5. The maximum Gasteiger partial charge on any atom is 0.160 e. The highest BCUT2D eigenvalue weighted by molar-refractivity contribution is 6.29. The standard InChI is InChI=1S/C50H29N3O/c1-2-11-30(12-3-1)33-27-34(50-51-41-17-10-20-45-48(41)49(52-50)40-16-7-9-19-44(40)54-45)29-35(28-33)53-42-18-8-6-15-39(42)47-38-24-23-32-22-21-31-13-4-5-14-36(31)46(32)37(38)25-26-43(47)53/h1-29H. The van der Waals surface area contributed by atoms with E-state index in [0.717, 1.165) is 67.1 Å². The van der Waals surface area contributed by atoms with Gasteiger partial charge in [0.2, 0.25) is 0 Å². The van der Waals surface area contributed by atoms with E-state index in [9.17, 15) is 0 Å². The van der Waals surface area contributed by atoms with E-state index in [2.05, 4.69) is 150 Å². The van der Waals surface area contributed by atoms with Gasteiger partial charge in [0.15, 0.2) is 5.82 Å². The van der Waals surface area contributed by atoms with Crippen molar-refractivity contribution >= 4 is 65.0 Å². The topological polar surface area (TPSA) is 39.9 Å². The van der Waals surface area contributed by atoms with Gasteiger partial charge in [-0.15, -0.1) is 0 Å². The molecule has 0 radical (unpaired) electrons. The normalized spacial score (nSPS) is 12.2. The third kappa shape index (κ3) is 4.19. The summed E-state index contributed by atoms with van der Waals surface area (Å²) in [5.74, 6) is 2.26. The summed E-state index contributed by atoms with van der Waals surface area (Å²) in [5.41, 5.74) is 9.26. The first-order chi connectivity index (χ1) is 26.8. The molecular weight excluding hydrogens is 659 g/mol. The second kappa shape index (κ2) is 11.1. The van der Waals surface area contributed by atoms with E-state index in [1.54, 1.807) is 0 Å². The van der Waals surface area contributed by atoms with Gasteiger partial charge in [-0.3, -0.25) is 0 Å². The molecule has 11 aromatic rings. The number of benzene rings is 9. The average Bonchev–Trinajstić information content (AvgIpc) is 3.58. The zero-order chi connectivity index (χ0) is 35.3. The molecule has 12 rings (SSSR count). The Morgan fingerprint density at radius 1 is 0.407 bits per heavy atom. The molecule has 9 aromatic carbocycles. The maximum absolute atomic E-state index is 6.31. The number of hydrogen-bond donors (Lipinski definition) is 0. The largest absolute Gasteiger partial charge is 0.456 e. The molecular formula is C50H29N3O. The molecule has 0 fully saturated rings. The minimum Gasteiger partial charge on any atom is -0.456 e. The molecule has 0 bridgehead atoms. The lowest BCUT2D eigenvalue weighted by Gasteiger charge is -2.21. The Bertz CT molecular complexity index is 3360. The van der Waals surface area contributed by atoms with E-state index in [4.69, 9.17) is 14.7 Å². The molecule has 250 valence electrons. The van der Waals surface area contributed by atoms with Gasteiger partial charge in [0.25, 0.3) is 0 Å². The number of hydrogen-bond acceptors (Lipinski definition) is 3. The number of rotatable bonds is 3. The minimum absolute atomic E-state index is 0.676. The molecule has 0 saturated heterocycles. The first-order valence-electron chi connectivity index (χ1n) is 18.3. The Morgan fingerprint density at radius 3 is 2.07 bits per heavy atom. The highest BCUT2D eigenvalue weighted by Gasteiger charge is 2.24. The fourth-order valence-corrected chi connectivity index (χ4v) is 8.75. The molecule has 0 N–H and O–H groups in total. The smallest absolute Gasteiger partial charge is 0.160 e. The van der Waals surface area contributed by atoms with Crippen LogP contribution in [-0.2, 0) is 0 Å². The van der Waals surface area contributed by atoms with Crippen molar-refractivity contribution in [3.8, 4) is 51.0 Å². The lowest BCUT2D eigenvalue weighted by Crippen LogP contribution is -2.03. The zero-order valence-electron chi connectivity index (χ0n) is 29.0. The number of para-hydroxylation sites is 2. The number of nitrogens with zero attached hydrogens (tertiary/aromatic N) is 3. The maximum atomic E-state index is 6.31. The summed E-state index contributed by atoms with van der Waals surface area (Å²) in [7, 11) is 0. The highest BCUT2D eigenvalue weighted by atomic mass is 16.5. The van der Waals surface area contributed by atoms with Gasteiger partial charge in [0.1, 0.15) is 11.5 Å². The fraction of sp³-hybridized carbons (Fsp3) is 0. The minimum atomic E-state index is 0.676. The van der Waals surface area contributed by atoms with Crippen LogP contribution in [0.15, 0.2) is 176 Å². The average molecular weight is 688 g/mol. The monoisotopic (exact) mass is 687 g/mol. The molecule has 3 heterocycles. The van der Waals surface area contributed by atoms with Crippen LogP contribution in [0.1, 0.15) is 0 Å². The van der Waals surface area contributed by atoms with Crippen LogP contribution < -0.4 is 4.74 Å². The number of ether oxygens (including phenoxy) is 1. The van der Waals surface area contributed by atoms with Crippen molar-refractivity contribution < 1.29 is 4.74 Å². The Hall–Kier alpha value is -7.30. The molecule has 54 heavy (non-hydrogen) atoms. The molecule has 1 aliphatic heterocycles. The van der Waals surface area contributed by atoms with Crippen molar-refractivity contribution in [2.24, 2.45) is 0 Å². The Kier molecular flexibility index (Phi) is 6.02. The van der Waals surface area contributed by atoms with E-state index < -0.39 is 0 Å². The summed E-state index contributed by atoms with van der Waals surface area (Å²) in [6.07, 6.45) is 0. The summed E-state index contributed by atoms with van der Waals surface area (Å²) >= 11 is 0. The van der Waals surface area contributed by atoms with E-state index >= 15 is 0 Å². The number of fused-ring (bicyclic) bond motifs is 11. The highest BCUT2D eigenvalue weighted by Crippen LogP contribution is 2.46. The molecule has 0 saturated carbocycles. The molecule has 0 unspecified atom stereocenters. The van der Waals surface area contributed by atoms with Crippen molar-refractivity contribution in [3.05, 3.63) is 176 Å². The predicted octanol–water partition coefficient (Wildman–Crippen LogP) is 13.3. The van der Waals surface area contributed by atoms with Gasteiger partial charge in [0, 0.05) is 27.6 Å². The second-order valence-corrected chi connectivity index (χ2v) is 14.1. The predicted molar refractivity (Wildman–Crippen MR) is 223 cm³/mol. The third-order valence-corrected chi connectivity index (χ3v) is 11.1. The van der Waals surface area contributed by atoms with Gasteiger partial charge < -0.3 is 9.30 Å². The summed E-state index contributed by atoms with van der Waals surface area (Å²) in [5, 5.41) is 11.0. The van der Waals surface area contributed by atoms with E-state index in [-0.39, 0.29) is 0 Å². The van der Waals surface area contributed by atoms with Crippen LogP contribution in [0.25, 0.3) is 104 Å². The van der Waals surface area contributed by atoms with Crippen LogP contribution in [0.5, 0.6) is 11.5 Å². The van der Waals surface area contributed by atoms with Crippen molar-refractivity contribution in [1.29, 1.82) is 0 Å². The van der Waals surface area contributed by atoms with Gasteiger partial charge in [-0.25, -0.2) is 9.97 Å². The Balaban J connectivity index is 1.16. The Labute approximate surface area is 310 Å². The lowest BCUT2D eigenvalue weighted by atomic mass is 9.94. The van der Waals surface area contributed by atoms with Crippen LogP contribution in [0.3, 0.4) is 0 Å². The van der Waals surface area contributed by atoms with Crippen LogP contribution in [0.2, 0.25) is 0 Å². The molecule has 1 aliphatic rings. The molecule has 2 aromatic heterocycles. The van der Waals surface area contributed by atoms with Crippen molar-refractivity contribution in [3.63, 3.8) is 0 Å². The second-order valence-electron chi connectivity index (χ2n) is 14.1. The van der Waals surface area contributed by atoms with Crippen molar-refractivity contribution in [2.75, 3.05) is 0 Å². The fourth-order valence-electron chi connectivity index (χ4n) is 8.75. The van der Waals surface area contributed by atoms with Crippen LogP contribution in [0, 0.1) is 0 Å². The SMILES string of the molecule is c1ccc(-c2cc(-c3nc4c5c(cccc5n3)Oc3ccccc3-4)cc(-n3c4ccccc4c4c5ccc6ccc7ccccc7c6c5ccc43)c2)cc1. The van der Waals surface area contributed by atoms with Crippen LogP contribution >= 0.6 is 0 Å². The Morgan fingerprint density at radius 2 is 1.13 bits per heavy atom. The summed E-state index contributed by atoms with van der Waals surface area (Å²) < 4.78 is 8.73. The number of aromatic nitrogens is 3. The molecule has 0 aliphatic carbocycles. The van der Waals surface area contributed by atoms with Crippen molar-refractivity contribution in [2.45, 2.75) is 0 Å². The van der Waals surface area contributed by atoms with Crippen molar-refractivity contribution in [1.82, 2.24) is 14.5 Å². The quantitative estimate of drug-likeness (QED) is 0.174. The summed E-state index contributed by atoms with van der Waals surface area (Å²) in [6, 6.07) is 62.7. The zero-order valence-corrected chi connectivity index (χ0v) is 29.0. The van der Waals surface area contributed by atoms with Gasteiger partial charge in [0.05, 0.1) is 27.6 Å². The van der Waals surface area contributed by atoms with Gasteiger partial charge in [-0.05, 0) is 98.0 Å².